The van der Waals surface area contributed by atoms with Crippen molar-refractivity contribution in [3.05, 3.63) is 22.4 Å². The van der Waals surface area contributed by atoms with Crippen molar-refractivity contribution in [2.24, 2.45) is 5.92 Å². The third kappa shape index (κ3) is 2.83. The highest BCUT2D eigenvalue weighted by Crippen LogP contribution is 2.23. The molecule has 0 aromatic carbocycles. The summed E-state index contributed by atoms with van der Waals surface area (Å²) < 4.78 is 0. The largest absolute Gasteiger partial charge is 0.393 e. The van der Waals surface area contributed by atoms with Crippen molar-refractivity contribution in [3.8, 4) is 0 Å². The van der Waals surface area contributed by atoms with Crippen molar-refractivity contribution in [2.75, 3.05) is 6.54 Å². The molecule has 2 unspecified atom stereocenters. The molecule has 16 heavy (non-hydrogen) atoms. The first-order valence-electron chi connectivity index (χ1n) is 5.76. The quantitative estimate of drug-likeness (QED) is 0.848. The zero-order valence-electron chi connectivity index (χ0n) is 9.19. The summed E-state index contributed by atoms with van der Waals surface area (Å²) in [5.41, 5.74) is 0.718. The molecule has 4 heteroatoms. The van der Waals surface area contributed by atoms with Crippen LogP contribution in [0.2, 0.25) is 0 Å². The van der Waals surface area contributed by atoms with Gasteiger partial charge in [-0.15, -0.1) is 0 Å². The van der Waals surface area contributed by atoms with E-state index in [-0.39, 0.29) is 17.9 Å². The molecule has 2 rings (SSSR count). The molecule has 2 atom stereocenters. The van der Waals surface area contributed by atoms with E-state index in [4.69, 9.17) is 0 Å². The van der Waals surface area contributed by atoms with Gasteiger partial charge in [0.2, 0.25) is 0 Å². The third-order valence-electron chi connectivity index (χ3n) is 3.18. The topological polar surface area (TPSA) is 49.3 Å². The van der Waals surface area contributed by atoms with E-state index in [0.29, 0.717) is 6.54 Å². The van der Waals surface area contributed by atoms with Crippen LogP contribution in [0.3, 0.4) is 0 Å². The number of carbonyl (C=O) groups is 1. The third-order valence-corrected chi connectivity index (χ3v) is 3.86. The lowest BCUT2D eigenvalue weighted by Crippen LogP contribution is -2.36. The Hall–Kier alpha value is -0.870. The molecule has 0 spiro atoms. The zero-order valence-corrected chi connectivity index (χ0v) is 10.0. The van der Waals surface area contributed by atoms with Gasteiger partial charge in [0, 0.05) is 23.4 Å². The molecule has 0 radical (unpaired) electrons. The summed E-state index contributed by atoms with van der Waals surface area (Å²) in [7, 11) is 0. The van der Waals surface area contributed by atoms with Crippen molar-refractivity contribution >= 4 is 17.2 Å². The van der Waals surface area contributed by atoms with Crippen LogP contribution in [0.5, 0.6) is 0 Å². The summed E-state index contributed by atoms with van der Waals surface area (Å²) >= 11 is 1.52. The van der Waals surface area contributed by atoms with Gasteiger partial charge >= 0.3 is 0 Å². The van der Waals surface area contributed by atoms with Crippen LogP contribution >= 0.6 is 11.3 Å². The number of nitrogens with one attached hydrogen (secondary N) is 1. The van der Waals surface area contributed by atoms with Gasteiger partial charge in [0.1, 0.15) is 0 Å². The molecule has 1 aliphatic rings. The predicted molar refractivity (Wildman–Crippen MR) is 64.6 cm³/mol. The van der Waals surface area contributed by atoms with Crippen LogP contribution in [-0.4, -0.2) is 23.7 Å². The second-order valence-electron chi connectivity index (χ2n) is 4.33. The summed E-state index contributed by atoms with van der Waals surface area (Å²) in [6.45, 7) is 0.593. The highest BCUT2D eigenvalue weighted by atomic mass is 32.1. The van der Waals surface area contributed by atoms with Gasteiger partial charge < -0.3 is 10.4 Å². The second kappa shape index (κ2) is 5.46. The number of aliphatic hydroxyl groups excluding tert-OH is 1. The molecular weight excluding hydrogens is 222 g/mol. The molecule has 0 aliphatic heterocycles. The van der Waals surface area contributed by atoms with E-state index in [2.05, 4.69) is 5.32 Å². The fourth-order valence-electron chi connectivity index (χ4n) is 2.15. The van der Waals surface area contributed by atoms with Gasteiger partial charge in [0.05, 0.1) is 6.10 Å². The minimum atomic E-state index is -0.239. The summed E-state index contributed by atoms with van der Waals surface area (Å²) in [6, 6.07) is 1.82. The van der Waals surface area contributed by atoms with Crippen molar-refractivity contribution < 1.29 is 9.90 Å². The van der Waals surface area contributed by atoms with Crippen molar-refractivity contribution in [1.82, 2.24) is 5.32 Å². The summed E-state index contributed by atoms with van der Waals surface area (Å²) in [5, 5.41) is 16.4. The van der Waals surface area contributed by atoms with Crippen LogP contribution in [0, 0.1) is 5.92 Å². The Morgan fingerprint density at radius 3 is 3.00 bits per heavy atom. The smallest absolute Gasteiger partial charge is 0.252 e. The molecule has 0 bridgehead atoms. The minimum Gasteiger partial charge on any atom is -0.393 e. The monoisotopic (exact) mass is 239 g/mol. The van der Waals surface area contributed by atoms with Gasteiger partial charge in [-0.1, -0.05) is 12.8 Å². The summed E-state index contributed by atoms with van der Waals surface area (Å²) in [6.07, 6.45) is 3.92. The second-order valence-corrected chi connectivity index (χ2v) is 5.11. The van der Waals surface area contributed by atoms with Gasteiger partial charge in [-0.3, -0.25) is 4.79 Å². The van der Waals surface area contributed by atoms with E-state index < -0.39 is 0 Å². The normalized spacial score (nSPS) is 25.3. The Labute approximate surface area is 99.5 Å². The Bertz CT molecular complexity index is 337. The average molecular weight is 239 g/mol. The number of hydrogen-bond donors (Lipinski definition) is 2. The van der Waals surface area contributed by atoms with Crippen LogP contribution in [0.25, 0.3) is 0 Å². The first kappa shape index (κ1) is 11.6. The average Bonchev–Trinajstić information content (AvgIpc) is 2.81. The number of hydrogen-bond acceptors (Lipinski definition) is 3. The lowest BCUT2D eigenvalue weighted by molar-refractivity contribution is 0.0663. The van der Waals surface area contributed by atoms with Crippen molar-refractivity contribution in [3.63, 3.8) is 0 Å². The molecular formula is C12H17NO2S. The maximum Gasteiger partial charge on any atom is 0.252 e. The number of rotatable bonds is 3. The SMILES string of the molecule is O=C(NCC1CCCCC1O)c1ccsc1. The van der Waals surface area contributed by atoms with Crippen LogP contribution in [0.4, 0.5) is 0 Å². The predicted octanol–water partition coefficient (Wildman–Crippen LogP) is 2.03. The zero-order chi connectivity index (χ0) is 11.4. The van der Waals surface area contributed by atoms with E-state index in [0.717, 1.165) is 31.2 Å². The molecule has 1 aromatic heterocycles. The van der Waals surface area contributed by atoms with Crippen molar-refractivity contribution in [1.29, 1.82) is 0 Å². The molecule has 0 saturated heterocycles. The Morgan fingerprint density at radius 2 is 2.31 bits per heavy atom. The fourth-order valence-corrected chi connectivity index (χ4v) is 2.78. The van der Waals surface area contributed by atoms with E-state index in [1.54, 1.807) is 0 Å². The molecule has 88 valence electrons. The van der Waals surface area contributed by atoms with Gasteiger partial charge in [-0.2, -0.15) is 11.3 Å². The van der Waals surface area contributed by atoms with Gasteiger partial charge in [-0.05, 0) is 24.3 Å². The molecule has 1 aliphatic carbocycles. The van der Waals surface area contributed by atoms with E-state index in [9.17, 15) is 9.90 Å². The van der Waals surface area contributed by atoms with Crippen LogP contribution in [-0.2, 0) is 0 Å². The summed E-state index contributed by atoms with van der Waals surface area (Å²) in [4.78, 5) is 11.7. The Morgan fingerprint density at radius 1 is 1.50 bits per heavy atom. The number of carbonyl (C=O) groups excluding carboxylic acids is 1. The highest BCUT2D eigenvalue weighted by molar-refractivity contribution is 7.08. The Kier molecular flexibility index (Phi) is 3.96. The maximum absolute atomic E-state index is 11.7. The highest BCUT2D eigenvalue weighted by Gasteiger charge is 2.23. The number of aliphatic hydroxyl groups is 1. The van der Waals surface area contributed by atoms with Crippen LogP contribution in [0.1, 0.15) is 36.0 Å². The standard InChI is InChI=1S/C12H17NO2S/c14-11-4-2-1-3-9(11)7-13-12(15)10-5-6-16-8-10/h5-6,8-9,11,14H,1-4,7H2,(H,13,15). The van der Waals surface area contributed by atoms with E-state index in [1.165, 1.54) is 11.3 Å². The fraction of sp³-hybridized carbons (Fsp3) is 0.583. The molecule has 1 saturated carbocycles. The van der Waals surface area contributed by atoms with Crippen LogP contribution < -0.4 is 5.32 Å². The number of amides is 1. The van der Waals surface area contributed by atoms with Crippen LogP contribution in [0.15, 0.2) is 16.8 Å². The van der Waals surface area contributed by atoms with Gasteiger partial charge in [0.15, 0.2) is 0 Å². The first-order valence-corrected chi connectivity index (χ1v) is 6.70. The maximum atomic E-state index is 11.7. The van der Waals surface area contributed by atoms with Crippen molar-refractivity contribution in [2.45, 2.75) is 31.8 Å². The Balaban J connectivity index is 1.80. The molecule has 1 fully saturated rings. The minimum absolute atomic E-state index is 0.0287. The van der Waals surface area contributed by atoms with Gasteiger partial charge in [-0.25, -0.2) is 0 Å². The van der Waals surface area contributed by atoms with Gasteiger partial charge in [0.25, 0.3) is 5.91 Å². The lowest BCUT2D eigenvalue weighted by Gasteiger charge is -2.27. The summed E-state index contributed by atoms with van der Waals surface area (Å²) in [5.74, 6) is 0.204. The molecule has 2 N–H and O–H groups in total. The molecule has 1 aromatic rings. The molecule has 3 nitrogen and oxygen atoms in total. The van der Waals surface area contributed by atoms with E-state index in [1.807, 2.05) is 16.8 Å². The first-order chi connectivity index (χ1) is 7.77. The number of thiophene rings is 1. The van der Waals surface area contributed by atoms with E-state index >= 15 is 0 Å². The molecule has 1 heterocycles. The lowest BCUT2D eigenvalue weighted by atomic mass is 9.86. The molecule has 1 amide bonds.